The van der Waals surface area contributed by atoms with E-state index >= 15 is 0 Å². The number of fused-ring (bicyclic) bond motifs is 1. The van der Waals surface area contributed by atoms with Crippen LogP contribution in [0.4, 0.5) is 0 Å². The molecule has 138 valence electrons. The summed E-state index contributed by atoms with van der Waals surface area (Å²) in [6.45, 7) is 3.81. The van der Waals surface area contributed by atoms with Crippen LogP contribution in [0, 0.1) is 0 Å². The molecule has 2 fully saturated rings. The van der Waals surface area contributed by atoms with Crippen molar-refractivity contribution in [3.63, 3.8) is 0 Å². The van der Waals surface area contributed by atoms with E-state index in [1.54, 1.807) is 0 Å². The van der Waals surface area contributed by atoms with E-state index < -0.39 is 0 Å². The van der Waals surface area contributed by atoms with Gasteiger partial charge in [0.15, 0.2) is 0 Å². The second kappa shape index (κ2) is 7.50. The summed E-state index contributed by atoms with van der Waals surface area (Å²) in [6, 6.07) is 10.3. The third-order valence-electron chi connectivity index (χ3n) is 5.40. The third-order valence-corrected chi connectivity index (χ3v) is 5.40. The first-order chi connectivity index (χ1) is 12.7. The minimum Gasteiger partial charge on any atom is -0.368 e. The lowest BCUT2D eigenvalue weighted by atomic mass is 10.2. The highest BCUT2D eigenvalue weighted by Gasteiger charge is 2.31. The first-order valence-electron chi connectivity index (χ1n) is 9.44. The molecule has 2 aromatic rings. The molecule has 6 nitrogen and oxygen atoms in total. The molecule has 1 atom stereocenters. The Morgan fingerprint density at radius 2 is 1.81 bits per heavy atom. The van der Waals surface area contributed by atoms with Crippen molar-refractivity contribution in [1.82, 2.24) is 14.4 Å². The molecule has 2 saturated heterocycles. The Bertz CT molecular complexity index is 786. The molecule has 2 aliphatic heterocycles. The largest absolute Gasteiger partial charge is 0.368 e. The van der Waals surface area contributed by atoms with Crippen LogP contribution in [0.15, 0.2) is 36.5 Å². The summed E-state index contributed by atoms with van der Waals surface area (Å²) in [5, 5.41) is 1.20. The summed E-state index contributed by atoms with van der Waals surface area (Å²) in [5.41, 5.74) is 1.16. The zero-order chi connectivity index (χ0) is 17.9. The summed E-state index contributed by atoms with van der Waals surface area (Å²) < 4.78 is 7.61. The minimum atomic E-state index is -0.265. The van der Waals surface area contributed by atoms with Crippen molar-refractivity contribution in [2.75, 3.05) is 32.8 Å². The number of aryl methyl sites for hydroxylation is 1. The number of piperazine rings is 1. The first kappa shape index (κ1) is 17.1. The number of benzene rings is 1. The molecule has 6 heteroatoms. The van der Waals surface area contributed by atoms with Crippen molar-refractivity contribution in [1.29, 1.82) is 0 Å². The molecule has 0 unspecified atom stereocenters. The monoisotopic (exact) mass is 355 g/mol. The minimum absolute atomic E-state index is 0.0911. The number of hydrogen-bond acceptors (Lipinski definition) is 3. The highest BCUT2D eigenvalue weighted by molar-refractivity contribution is 5.82. The van der Waals surface area contributed by atoms with Crippen LogP contribution in [-0.2, 0) is 20.9 Å². The number of para-hydroxylation sites is 1. The molecule has 4 rings (SSSR count). The lowest BCUT2D eigenvalue weighted by Crippen LogP contribution is -2.52. The van der Waals surface area contributed by atoms with Crippen molar-refractivity contribution in [3.8, 4) is 0 Å². The zero-order valence-electron chi connectivity index (χ0n) is 15.0. The fraction of sp³-hybridized carbons (Fsp3) is 0.500. The summed E-state index contributed by atoms with van der Waals surface area (Å²) in [5.74, 6) is 0.250. The van der Waals surface area contributed by atoms with E-state index in [0.717, 1.165) is 18.4 Å². The van der Waals surface area contributed by atoms with Gasteiger partial charge in [-0.2, -0.15) is 0 Å². The van der Waals surface area contributed by atoms with Crippen LogP contribution in [0.25, 0.3) is 10.9 Å². The van der Waals surface area contributed by atoms with E-state index in [1.807, 2.05) is 28.1 Å². The molecule has 1 aromatic heterocycles. The standard InChI is InChI=1S/C20H25N3O3/c24-19(8-10-21-9-7-16-4-1-2-5-17(16)21)22-11-13-23(14-12-22)20(25)18-6-3-15-26-18/h1-2,4-5,7,9,18H,3,6,8,10-15H2/t18-/m1/s1. The van der Waals surface area contributed by atoms with Gasteiger partial charge in [-0.05, 0) is 30.4 Å². The smallest absolute Gasteiger partial charge is 0.251 e. The summed E-state index contributed by atoms with van der Waals surface area (Å²) in [6.07, 6.45) is 4.04. The van der Waals surface area contributed by atoms with Gasteiger partial charge < -0.3 is 19.1 Å². The van der Waals surface area contributed by atoms with E-state index in [9.17, 15) is 9.59 Å². The number of carbonyl (C=O) groups is 2. The molecular formula is C20H25N3O3. The van der Waals surface area contributed by atoms with E-state index in [-0.39, 0.29) is 17.9 Å². The van der Waals surface area contributed by atoms with Crippen LogP contribution >= 0.6 is 0 Å². The quantitative estimate of drug-likeness (QED) is 0.841. The molecule has 0 spiro atoms. The Labute approximate surface area is 153 Å². The van der Waals surface area contributed by atoms with Crippen molar-refractivity contribution in [2.24, 2.45) is 0 Å². The van der Waals surface area contributed by atoms with E-state index in [1.165, 1.54) is 5.39 Å². The molecule has 0 bridgehead atoms. The van der Waals surface area contributed by atoms with Gasteiger partial charge in [0.1, 0.15) is 6.10 Å². The number of hydrogen-bond donors (Lipinski definition) is 0. The second-order valence-electron chi connectivity index (χ2n) is 7.03. The van der Waals surface area contributed by atoms with Gasteiger partial charge in [0.05, 0.1) is 0 Å². The Morgan fingerprint density at radius 3 is 2.58 bits per heavy atom. The molecule has 26 heavy (non-hydrogen) atoms. The lowest BCUT2D eigenvalue weighted by Gasteiger charge is -2.35. The maximum Gasteiger partial charge on any atom is 0.251 e. The molecule has 1 aromatic carbocycles. The summed E-state index contributed by atoms with van der Waals surface area (Å²) in [4.78, 5) is 28.6. The van der Waals surface area contributed by atoms with Crippen LogP contribution in [-0.4, -0.2) is 65.1 Å². The van der Waals surface area contributed by atoms with Gasteiger partial charge in [0, 0.05) is 57.5 Å². The molecular weight excluding hydrogens is 330 g/mol. The van der Waals surface area contributed by atoms with E-state index in [2.05, 4.69) is 22.8 Å². The average Bonchev–Trinajstić information content (AvgIpc) is 3.36. The normalized spacial score (nSPS) is 20.7. The predicted molar refractivity (Wildman–Crippen MR) is 98.7 cm³/mol. The van der Waals surface area contributed by atoms with Crippen LogP contribution in [0.5, 0.6) is 0 Å². The van der Waals surface area contributed by atoms with Gasteiger partial charge in [-0.3, -0.25) is 9.59 Å². The van der Waals surface area contributed by atoms with Gasteiger partial charge in [0.25, 0.3) is 5.91 Å². The molecule has 2 amide bonds. The fourth-order valence-electron chi connectivity index (χ4n) is 3.86. The summed E-state index contributed by atoms with van der Waals surface area (Å²) >= 11 is 0. The number of nitrogens with zero attached hydrogens (tertiary/aromatic N) is 3. The Hall–Kier alpha value is -2.34. The summed E-state index contributed by atoms with van der Waals surface area (Å²) in [7, 11) is 0. The lowest BCUT2D eigenvalue weighted by molar-refractivity contribution is -0.146. The number of aromatic nitrogens is 1. The Kier molecular flexibility index (Phi) is 4.93. The molecule has 0 radical (unpaired) electrons. The van der Waals surface area contributed by atoms with Crippen LogP contribution in [0.2, 0.25) is 0 Å². The molecule has 0 aliphatic carbocycles. The predicted octanol–water partition coefficient (Wildman–Crippen LogP) is 1.88. The van der Waals surface area contributed by atoms with Crippen LogP contribution in [0.3, 0.4) is 0 Å². The maximum absolute atomic E-state index is 12.5. The van der Waals surface area contributed by atoms with Gasteiger partial charge in [-0.1, -0.05) is 18.2 Å². The molecule has 0 saturated carbocycles. The molecule has 2 aliphatic rings. The molecule has 0 N–H and O–H groups in total. The first-order valence-corrected chi connectivity index (χ1v) is 9.44. The number of amides is 2. The maximum atomic E-state index is 12.5. The average molecular weight is 355 g/mol. The van der Waals surface area contributed by atoms with Crippen LogP contribution < -0.4 is 0 Å². The van der Waals surface area contributed by atoms with Gasteiger partial charge in [-0.25, -0.2) is 0 Å². The van der Waals surface area contributed by atoms with Crippen molar-refractivity contribution in [3.05, 3.63) is 36.5 Å². The fourth-order valence-corrected chi connectivity index (χ4v) is 3.86. The second-order valence-corrected chi connectivity index (χ2v) is 7.03. The molecule has 3 heterocycles. The van der Waals surface area contributed by atoms with Gasteiger partial charge in [-0.15, -0.1) is 0 Å². The zero-order valence-corrected chi connectivity index (χ0v) is 15.0. The number of rotatable bonds is 4. The Morgan fingerprint density at radius 1 is 1.04 bits per heavy atom. The highest BCUT2D eigenvalue weighted by Crippen LogP contribution is 2.17. The van der Waals surface area contributed by atoms with Crippen molar-refractivity contribution >= 4 is 22.7 Å². The highest BCUT2D eigenvalue weighted by atomic mass is 16.5. The topological polar surface area (TPSA) is 54.8 Å². The van der Waals surface area contributed by atoms with E-state index in [0.29, 0.717) is 45.8 Å². The SMILES string of the molecule is O=C(CCn1ccc2ccccc21)N1CCN(C(=O)[C@H]2CCCO2)CC1. The van der Waals surface area contributed by atoms with E-state index in [4.69, 9.17) is 4.74 Å². The van der Waals surface area contributed by atoms with Crippen LogP contribution in [0.1, 0.15) is 19.3 Å². The van der Waals surface area contributed by atoms with Gasteiger partial charge in [0.2, 0.25) is 5.91 Å². The van der Waals surface area contributed by atoms with Crippen molar-refractivity contribution in [2.45, 2.75) is 31.9 Å². The van der Waals surface area contributed by atoms with Crippen molar-refractivity contribution < 1.29 is 14.3 Å². The third kappa shape index (κ3) is 3.46. The number of ether oxygens (including phenoxy) is 1. The Balaban J connectivity index is 1.27. The number of carbonyl (C=O) groups excluding carboxylic acids is 2. The van der Waals surface area contributed by atoms with Gasteiger partial charge >= 0.3 is 0 Å².